The number of aliphatic imine (C=N–C) groups is 1. The average Bonchev–Trinajstić information content (AvgIpc) is 2.47. The molecule has 2 atom stereocenters. The van der Waals surface area contributed by atoms with Gasteiger partial charge in [-0.25, -0.2) is 9.38 Å². The van der Waals surface area contributed by atoms with E-state index in [4.69, 9.17) is 16.9 Å². The summed E-state index contributed by atoms with van der Waals surface area (Å²) in [5, 5.41) is 7.52. The summed E-state index contributed by atoms with van der Waals surface area (Å²) >= 11 is 0. The molecular formula is C14H18ClF4N5O. The number of nitrogens with two attached hydrogens (primary N) is 2. The highest BCUT2D eigenvalue weighted by molar-refractivity contribution is 5.92. The molecule has 1 aliphatic rings. The number of alkyl halides is 4. The molecule has 1 saturated heterocycles. The fourth-order valence-electron chi connectivity index (χ4n) is 2.44. The van der Waals surface area contributed by atoms with Crippen LogP contribution in [0.25, 0.3) is 0 Å². The predicted molar refractivity (Wildman–Crippen MR) is 88.2 cm³/mol. The van der Waals surface area contributed by atoms with Crippen LogP contribution in [0.5, 0.6) is 5.75 Å². The third-order valence-corrected chi connectivity index (χ3v) is 3.52. The summed E-state index contributed by atoms with van der Waals surface area (Å²) in [4.78, 5) is 5.52. The number of ether oxygens (including phenoxy) is 1. The van der Waals surface area contributed by atoms with Crippen LogP contribution in [-0.4, -0.2) is 41.8 Å². The van der Waals surface area contributed by atoms with Gasteiger partial charge in [-0.3, -0.25) is 5.41 Å². The first-order valence-electron chi connectivity index (χ1n) is 7.10. The highest BCUT2D eigenvalue weighted by Gasteiger charge is 2.32. The van der Waals surface area contributed by atoms with Crippen molar-refractivity contribution in [1.82, 2.24) is 4.90 Å². The summed E-state index contributed by atoms with van der Waals surface area (Å²) in [6, 6.07) is 4.11. The predicted octanol–water partition coefficient (Wildman–Crippen LogP) is 2.69. The number of halogens is 5. The Bertz CT molecular complexity index is 623. The van der Waals surface area contributed by atoms with E-state index in [9.17, 15) is 17.6 Å². The second-order valence-electron chi connectivity index (χ2n) is 5.29. The van der Waals surface area contributed by atoms with Gasteiger partial charge < -0.3 is 21.1 Å². The molecule has 5 N–H and O–H groups in total. The molecule has 0 saturated carbocycles. The Morgan fingerprint density at radius 3 is 2.36 bits per heavy atom. The molecule has 6 nitrogen and oxygen atoms in total. The molecule has 0 aliphatic carbocycles. The van der Waals surface area contributed by atoms with E-state index in [1.165, 1.54) is 17.0 Å². The number of nitrogens with zero attached hydrogens (tertiary/aromatic N) is 2. The number of likely N-dealkylation sites (tertiary alicyclic amines) is 1. The van der Waals surface area contributed by atoms with Crippen LogP contribution in [0.1, 0.15) is 12.8 Å². The Kier molecular flexibility index (Phi) is 6.86. The molecule has 1 aromatic carbocycles. The largest absolute Gasteiger partial charge is 0.573 e. The summed E-state index contributed by atoms with van der Waals surface area (Å²) in [5.74, 6) is -0.581. The molecule has 1 aromatic rings. The zero-order chi connectivity index (χ0) is 17.9. The molecule has 0 spiro atoms. The van der Waals surface area contributed by atoms with Crippen molar-refractivity contribution >= 4 is 29.9 Å². The minimum absolute atomic E-state index is 0. The molecule has 1 heterocycles. The van der Waals surface area contributed by atoms with Crippen LogP contribution >= 0.6 is 12.4 Å². The molecule has 0 bridgehead atoms. The minimum Gasteiger partial charge on any atom is -0.406 e. The molecular weight excluding hydrogens is 366 g/mol. The van der Waals surface area contributed by atoms with Gasteiger partial charge in [-0.05, 0) is 30.7 Å². The molecule has 2 rings (SSSR count). The van der Waals surface area contributed by atoms with Gasteiger partial charge in [0.15, 0.2) is 5.96 Å². The number of hydrogen-bond donors (Lipinski definition) is 3. The lowest BCUT2D eigenvalue weighted by Crippen LogP contribution is -2.54. The Balaban J connectivity index is 0.00000312. The van der Waals surface area contributed by atoms with E-state index in [1.807, 2.05) is 0 Å². The molecule has 0 aromatic heterocycles. The minimum atomic E-state index is -4.77. The Morgan fingerprint density at radius 1 is 1.24 bits per heavy atom. The van der Waals surface area contributed by atoms with Crippen molar-refractivity contribution in [2.24, 2.45) is 16.5 Å². The summed E-state index contributed by atoms with van der Waals surface area (Å²) in [6.07, 6.45) is -5.57. The Labute approximate surface area is 147 Å². The zero-order valence-electron chi connectivity index (χ0n) is 13.0. The lowest BCUT2D eigenvalue weighted by molar-refractivity contribution is -0.274. The standard InChI is InChI=1S/C14H17F4N5O.ClH/c15-8-5-6-23(13(20)21)11(7-8)12(19)22-9-1-3-10(4-2-9)24-14(16,17)18;/h1-4,8,11H,5-7H2,(H2,19,22)(H3,20,21);1H. The van der Waals surface area contributed by atoms with Crippen LogP contribution in [0.4, 0.5) is 23.2 Å². The maximum absolute atomic E-state index is 13.6. The Hall–Kier alpha value is -2.23. The smallest absolute Gasteiger partial charge is 0.406 e. The Morgan fingerprint density at radius 2 is 1.84 bits per heavy atom. The van der Waals surface area contributed by atoms with E-state index in [-0.39, 0.29) is 55.0 Å². The summed E-state index contributed by atoms with van der Waals surface area (Å²) in [5.41, 5.74) is 11.6. The van der Waals surface area contributed by atoms with E-state index in [0.717, 1.165) is 12.1 Å². The van der Waals surface area contributed by atoms with Gasteiger partial charge in [0.25, 0.3) is 0 Å². The van der Waals surface area contributed by atoms with Crippen LogP contribution in [0.2, 0.25) is 0 Å². The number of piperidine rings is 1. The van der Waals surface area contributed by atoms with Gasteiger partial charge in [-0.2, -0.15) is 0 Å². The SMILES string of the molecule is Cl.N=C(N)N1CCC(F)CC1C(N)=Nc1ccc(OC(F)(F)F)cc1. The summed E-state index contributed by atoms with van der Waals surface area (Å²) < 4.78 is 53.7. The van der Waals surface area contributed by atoms with E-state index >= 15 is 0 Å². The lowest BCUT2D eigenvalue weighted by atomic mass is 10.00. The van der Waals surface area contributed by atoms with Gasteiger partial charge in [0, 0.05) is 13.0 Å². The highest BCUT2D eigenvalue weighted by Crippen LogP contribution is 2.26. The van der Waals surface area contributed by atoms with E-state index in [0.29, 0.717) is 0 Å². The fourth-order valence-corrected chi connectivity index (χ4v) is 2.44. The lowest BCUT2D eigenvalue weighted by Gasteiger charge is -2.36. The number of benzene rings is 1. The van der Waals surface area contributed by atoms with Crippen LogP contribution in [-0.2, 0) is 0 Å². The normalized spacial score (nSPS) is 21.4. The first-order chi connectivity index (χ1) is 11.2. The van der Waals surface area contributed by atoms with Crippen LogP contribution in [0.15, 0.2) is 29.3 Å². The van der Waals surface area contributed by atoms with Gasteiger partial charge in [0.1, 0.15) is 17.8 Å². The van der Waals surface area contributed by atoms with Crippen LogP contribution < -0.4 is 16.2 Å². The van der Waals surface area contributed by atoms with E-state index in [1.54, 1.807) is 0 Å². The van der Waals surface area contributed by atoms with Gasteiger partial charge >= 0.3 is 6.36 Å². The maximum atomic E-state index is 13.6. The van der Waals surface area contributed by atoms with Crippen molar-refractivity contribution in [3.8, 4) is 5.75 Å². The molecule has 1 aliphatic heterocycles. The first-order valence-corrected chi connectivity index (χ1v) is 7.10. The van der Waals surface area contributed by atoms with Crippen molar-refractivity contribution in [3.05, 3.63) is 24.3 Å². The molecule has 25 heavy (non-hydrogen) atoms. The highest BCUT2D eigenvalue weighted by atomic mass is 35.5. The molecule has 0 amide bonds. The first kappa shape index (κ1) is 20.8. The quantitative estimate of drug-likeness (QED) is 0.424. The number of amidine groups is 1. The van der Waals surface area contributed by atoms with Gasteiger partial charge in [0.05, 0.1) is 11.7 Å². The average molecular weight is 384 g/mol. The van der Waals surface area contributed by atoms with Crippen molar-refractivity contribution in [2.45, 2.75) is 31.4 Å². The van der Waals surface area contributed by atoms with Crippen molar-refractivity contribution in [2.75, 3.05) is 6.54 Å². The van der Waals surface area contributed by atoms with Crippen molar-refractivity contribution in [3.63, 3.8) is 0 Å². The number of nitrogens with one attached hydrogen (secondary N) is 1. The van der Waals surface area contributed by atoms with Gasteiger partial charge in [-0.15, -0.1) is 25.6 Å². The monoisotopic (exact) mass is 383 g/mol. The third-order valence-electron chi connectivity index (χ3n) is 3.52. The topological polar surface area (TPSA) is 101 Å². The molecule has 140 valence electrons. The van der Waals surface area contributed by atoms with Gasteiger partial charge in [-0.1, -0.05) is 0 Å². The van der Waals surface area contributed by atoms with Crippen molar-refractivity contribution < 1.29 is 22.3 Å². The summed E-state index contributed by atoms with van der Waals surface area (Å²) in [6.45, 7) is 0.246. The van der Waals surface area contributed by atoms with E-state index < -0.39 is 18.6 Å². The summed E-state index contributed by atoms with van der Waals surface area (Å²) in [7, 11) is 0. The molecule has 1 fully saturated rings. The molecule has 0 radical (unpaired) electrons. The van der Waals surface area contributed by atoms with Crippen LogP contribution in [0.3, 0.4) is 0 Å². The second kappa shape index (κ2) is 8.24. The second-order valence-corrected chi connectivity index (χ2v) is 5.29. The van der Waals surface area contributed by atoms with E-state index in [2.05, 4.69) is 9.73 Å². The third kappa shape index (κ3) is 5.96. The zero-order valence-corrected chi connectivity index (χ0v) is 13.8. The number of guanidine groups is 1. The maximum Gasteiger partial charge on any atom is 0.573 e. The van der Waals surface area contributed by atoms with Crippen molar-refractivity contribution in [1.29, 1.82) is 5.41 Å². The van der Waals surface area contributed by atoms with Crippen LogP contribution in [0, 0.1) is 5.41 Å². The van der Waals surface area contributed by atoms with Gasteiger partial charge in [0.2, 0.25) is 0 Å². The molecule has 2 unspecified atom stereocenters. The molecule has 11 heteroatoms. The fraction of sp³-hybridized carbons (Fsp3) is 0.429. The number of hydrogen-bond acceptors (Lipinski definition) is 3. The number of rotatable bonds is 3.